The first kappa shape index (κ1) is 29.9. The summed E-state index contributed by atoms with van der Waals surface area (Å²) in [6.07, 6.45) is -7.59. The highest BCUT2D eigenvalue weighted by molar-refractivity contribution is 6.19. The number of likely N-dealkylation sites (N-methyl/N-ethyl adjacent to an activating group) is 1. The summed E-state index contributed by atoms with van der Waals surface area (Å²) in [6, 6.07) is 9.88. The second-order valence-corrected chi connectivity index (χ2v) is 7.73. The zero-order valence-electron chi connectivity index (χ0n) is 19.8. The fourth-order valence-corrected chi connectivity index (χ4v) is 3.47. The van der Waals surface area contributed by atoms with E-state index in [1.54, 1.807) is 6.07 Å². The van der Waals surface area contributed by atoms with E-state index in [1.807, 2.05) is 0 Å². The number of hydrogen-bond donors (Lipinski definition) is 4. The van der Waals surface area contributed by atoms with Gasteiger partial charge in [-0.15, -0.1) is 0 Å². The molecule has 0 saturated carbocycles. The van der Waals surface area contributed by atoms with Crippen LogP contribution in [0.25, 0.3) is 11.1 Å². The van der Waals surface area contributed by atoms with Gasteiger partial charge in [0.15, 0.2) is 5.54 Å². The van der Waals surface area contributed by atoms with Gasteiger partial charge in [0.1, 0.15) is 6.54 Å². The summed E-state index contributed by atoms with van der Waals surface area (Å²) in [5, 5.41) is 6.71. The highest BCUT2D eigenvalue weighted by Crippen LogP contribution is 2.32. The van der Waals surface area contributed by atoms with E-state index in [4.69, 9.17) is 5.73 Å². The topological polar surface area (TPSA) is 126 Å². The third-order valence-electron chi connectivity index (χ3n) is 5.25. The number of halogens is 6. The number of nitrogens with one attached hydrogen (secondary N) is 3. The first-order chi connectivity index (χ1) is 17.8. The molecule has 0 heterocycles. The van der Waals surface area contributed by atoms with Crippen molar-refractivity contribution in [3.8, 4) is 11.1 Å². The van der Waals surface area contributed by atoms with Crippen LogP contribution in [0, 0.1) is 0 Å². The molecule has 0 aliphatic carbocycles. The summed E-state index contributed by atoms with van der Waals surface area (Å²) in [6.45, 7) is -2.47. The number of alkyl halides is 6. The van der Waals surface area contributed by atoms with E-state index < -0.39 is 54.1 Å². The van der Waals surface area contributed by atoms with Crippen molar-refractivity contribution in [1.82, 2.24) is 16.0 Å². The molecule has 2 aromatic rings. The molecule has 0 saturated heterocycles. The minimum absolute atomic E-state index is 0.0210. The van der Waals surface area contributed by atoms with Crippen LogP contribution in [0.1, 0.15) is 15.9 Å². The zero-order valence-corrected chi connectivity index (χ0v) is 19.8. The van der Waals surface area contributed by atoms with Crippen LogP contribution in [-0.4, -0.2) is 55.8 Å². The smallest absolute Gasteiger partial charge is 0.405 e. The number of rotatable bonds is 10. The molecule has 38 heavy (non-hydrogen) atoms. The minimum atomic E-state index is -4.76. The van der Waals surface area contributed by atoms with Gasteiger partial charge in [0.05, 0.1) is 17.8 Å². The van der Waals surface area contributed by atoms with Crippen LogP contribution in [0.4, 0.5) is 26.3 Å². The Kier molecular flexibility index (Phi) is 9.63. The Balaban J connectivity index is 2.47. The summed E-state index contributed by atoms with van der Waals surface area (Å²) in [7, 11) is 1.15. The van der Waals surface area contributed by atoms with Gasteiger partial charge in [0.2, 0.25) is 6.41 Å². The van der Waals surface area contributed by atoms with Crippen molar-refractivity contribution in [2.24, 2.45) is 10.7 Å². The van der Waals surface area contributed by atoms with Crippen molar-refractivity contribution in [1.29, 1.82) is 0 Å². The predicted octanol–water partition coefficient (Wildman–Crippen LogP) is 2.81. The number of amides is 3. The summed E-state index contributed by atoms with van der Waals surface area (Å²) < 4.78 is 77.4. The number of carbonyl (C=O) groups is 3. The molecular weight excluding hydrogens is 520 g/mol. The molecule has 0 fully saturated rings. The Labute approximate surface area is 213 Å². The van der Waals surface area contributed by atoms with E-state index in [9.17, 15) is 40.7 Å². The van der Waals surface area contributed by atoms with Crippen LogP contribution in [0.2, 0.25) is 0 Å². The van der Waals surface area contributed by atoms with Gasteiger partial charge in [-0.25, -0.2) is 0 Å². The van der Waals surface area contributed by atoms with E-state index in [-0.39, 0.29) is 23.1 Å². The third-order valence-corrected chi connectivity index (χ3v) is 5.25. The summed E-state index contributed by atoms with van der Waals surface area (Å²) in [5.41, 5.74) is 2.02. The second kappa shape index (κ2) is 12.3. The Bertz CT molecular complexity index is 1210. The number of hydrogen-bond acceptors (Lipinski definition) is 5. The van der Waals surface area contributed by atoms with Crippen molar-refractivity contribution in [3.05, 3.63) is 71.9 Å². The molecule has 0 aliphatic heterocycles. The number of nitrogens with zero attached hydrogens (tertiary/aromatic N) is 1. The molecule has 0 radical (unpaired) electrons. The molecule has 8 nitrogen and oxygen atoms in total. The molecule has 0 spiro atoms. The van der Waals surface area contributed by atoms with E-state index in [0.29, 0.717) is 0 Å². The molecular formula is C24H23F6N5O3. The largest absolute Gasteiger partial charge is 0.416 e. The summed E-state index contributed by atoms with van der Waals surface area (Å²) >= 11 is 0. The Hall–Kier alpha value is -4.36. The van der Waals surface area contributed by atoms with Gasteiger partial charge in [0.25, 0.3) is 11.8 Å². The van der Waals surface area contributed by atoms with Crippen LogP contribution in [0.5, 0.6) is 0 Å². The van der Waals surface area contributed by atoms with E-state index in [2.05, 4.69) is 20.9 Å². The van der Waals surface area contributed by atoms with Gasteiger partial charge >= 0.3 is 12.4 Å². The molecule has 0 bridgehead atoms. The van der Waals surface area contributed by atoms with E-state index in [1.165, 1.54) is 30.3 Å². The van der Waals surface area contributed by atoms with Gasteiger partial charge in [-0.05, 0) is 41.6 Å². The zero-order chi connectivity index (χ0) is 28.6. The lowest BCUT2D eigenvalue weighted by Crippen LogP contribution is -2.66. The van der Waals surface area contributed by atoms with Gasteiger partial charge in [-0.3, -0.25) is 19.4 Å². The highest BCUT2D eigenvalue weighted by atomic mass is 19.4. The molecule has 204 valence electrons. The maximum Gasteiger partial charge on any atom is 0.416 e. The predicted molar refractivity (Wildman–Crippen MR) is 127 cm³/mol. The maximum absolute atomic E-state index is 13.1. The van der Waals surface area contributed by atoms with Gasteiger partial charge in [0, 0.05) is 12.6 Å². The molecule has 0 aliphatic rings. The number of benzene rings is 2. The number of aliphatic imine (C=N–C) groups is 1. The Morgan fingerprint density at radius 1 is 1.00 bits per heavy atom. The van der Waals surface area contributed by atoms with Crippen molar-refractivity contribution in [2.75, 3.05) is 20.1 Å². The minimum Gasteiger partial charge on any atom is -0.405 e. The van der Waals surface area contributed by atoms with E-state index >= 15 is 0 Å². The lowest BCUT2D eigenvalue weighted by atomic mass is 9.90. The van der Waals surface area contributed by atoms with Crippen molar-refractivity contribution < 1.29 is 40.7 Å². The van der Waals surface area contributed by atoms with Gasteiger partial charge in [-0.2, -0.15) is 26.3 Å². The van der Waals surface area contributed by atoms with Crippen molar-refractivity contribution >= 4 is 23.9 Å². The Morgan fingerprint density at radius 2 is 1.63 bits per heavy atom. The van der Waals surface area contributed by atoms with Crippen molar-refractivity contribution in [2.45, 2.75) is 17.9 Å². The van der Waals surface area contributed by atoms with Gasteiger partial charge < -0.3 is 21.7 Å². The molecule has 5 N–H and O–H groups in total. The van der Waals surface area contributed by atoms with Crippen molar-refractivity contribution in [3.63, 3.8) is 0 Å². The number of carbonyl (C=O) groups excluding carboxylic acids is 3. The average molecular weight is 543 g/mol. The summed E-state index contributed by atoms with van der Waals surface area (Å²) in [4.78, 5) is 40.7. The standard InChI is InChI=1S/C24H23F6N5O3/c1-32-21(38)22(35-14-36,19(10-11-31)33-13-23(25,26)27)12-34-20(37)18-5-3-2-4-17(18)15-6-8-16(9-7-15)24(28,29)30/h2-11,14H,12-13,31H2,1H3,(H,32,38)(H,34,37)(H,35,36). The third kappa shape index (κ3) is 7.33. The van der Waals surface area contributed by atoms with Crippen LogP contribution in [0.3, 0.4) is 0 Å². The maximum atomic E-state index is 13.1. The summed E-state index contributed by atoms with van der Waals surface area (Å²) in [5.74, 6) is -1.85. The van der Waals surface area contributed by atoms with Crippen LogP contribution < -0.4 is 21.7 Å². The quantitative estimate of drug-likeness (QED) is 0.209. The van der Waals surface area contributed by atoms with Crippen LogP contribution >= 0.6 is 0 Å². The molecule has 14 heteroatoms. The van der Waals surface area contributed by atoms with Crippen LogP contribution in [0.15, 0.2) is 65.8 Å². The SMILES string of the molecule is CNC(=O)C(CNC(=O)c1ccccc1-c1ccc(C(F)(F)F)cc1)(NC=O)C(C=CN)=NCC(F)(F)F. The fraction of sp³-hybridized carbons (Fsp3) is 0.250. The lowest BCUT2D eigenvalue weighted by molar-refractivity contribution is -0.137. The second-order valence-electron chi connectivity index (χ2n) is 7.73. The van der Waals surface area contributed by atoms with Gasteiger partial charge in [-0.1, -0.05) is 30.3 Å². The first-order valence-electron chi connectivity index (χ1n) is 10.8. The molecule has 3 amide bonds. The molecule has 1 unspecified atom stereocenters. The highest BCUT2D eigenvalue weighted by Gasteiger charge is 2.43. The normalized spacial score (nSPS) is 14.0. The fourth-order valence-electron chi connectivity index (χ4n) is 3.47. The monoisotopic (exact) mass is 543 g/mol. The number of nitrogens with two attached hydrogens (primary N) is 1. The molecule has 2 rings (SSSR count). The molecule has 1 atom stereocenters. The average Bonchev–Trinajstić information content (AvgIpc) is 2.87. The molecule has 0 aromatic heterocycles. The van der Waals surface area contributed by atoms with E-state index in [0.717, 1.165) is 31.5 Å². The molecule has 2 aromatic carbocycles. The Morgan fingerprint density at radius 3 is 2.16 bits per heavy atom. The lowest BCUT2D eigenvalue weighted by Gasteiger charge is -2.32. The van der Waals surface area contributed by atoms with Crippen LogP contribution in [-0.2, 0) is 15.8 Å². The first-order valence-corrected chi connectivity index (χ1v) is 10.8.